The van der Waals surface area contributed by atoms with E-state index in [0.29, 0.717) is 13.2 Å². The molecule has 0 bridgehead atoms. The zero-order valence-electron chi connectivity index (χ0n) is 9.84. The van der Waals surface area contributed by atoms with Crippen molar-refractivity contribution in [1.29, 1.82) is 0 Å². The number of ether oxygens (including phenoxy) is 2. The quantitative estimate of drug-likeness (QED) is 0.712. The van der Waals surface area contributed by atoms with Crippen molar-refractivity contribution in [2.24, 2.45) is 0 Å². The number of methoxy groups -OCH3 is 1. The Bertz CT molecular complexity index is 334. The number of hydrogen-bond donors (Lipinski definition) is 1. The first-order valence-corrected chi connectivity index (χ1v) is 7.08. The van der Waals surface area contributed by atoms with Gasteiger partial charge in [-0.3, -0.25) is 0 Å². The summed E-state index contributed by atoms with van der Waals surface area (Å²) >= 11 is 6.93. The van der Waals surface area contributed by atoms with Gasteiger partial charge in [-0.1, -0.05) is 15.9 Å². The fourth-order valence-corrected chi connectivity index (χ4v) is 2.46. The number of rotatable bonds is 8. The van der Waals surface area contributed by atoms with Gasteiger partial charge in [-0.15, -0.1) is 0 Å². The molecule has 3 nitrogen and oxygen atoms in total. The van der Waals surface area contributed by atoms with E-state index in [1.807, 2.05) is 18.2 Å². The van der Waals surface area contributed by atoms with Gasteiger partial charge in [0, 0.05) is 34.9 Å². The molecule has 96 valence electrons. The molecule has 0 aromatic heterocycles. The molecule has 0 aliphatic heterocycles. The van der Waals surface area contributed by atoms with Crippen LogP contribution in [-0.4, -0.2) is 33.5 Å². The van der Waals surface area contributed by atoms with Crippen LogP contribution >= 0.6 is 31.9 Å². The molecule has 1 rings (SSSR count). The number of hydrogen-bond acceptors (Lipinski definition) is 3. The lowest BCUT2D eigenvalue weighted by Gasteiger charge is -2.09. The number of halogens is 2. The zero-order chi connectivity index (χ0) is 12.5. The molecule has 0 amide bonds. The largest absolute Gasteiger partial charge is 0.384 e. The number of anilines is 1. The average Bonchev–Trinajstić information content (AvgIpc) is 2.30. The molecule has 1 aromatic rings. The van der Waals surface area contributed by atoms with Crippen molar-refractivity contribution in [3.05, 3.63) is 27.1 Å². The monoisotopic (exact) mass is 365 g/mol. The Labute approximate surface area is 119 Å². The topological polar surface area (TPSA) is 30.5 Å². The highest BCUT2D eigenvalue weighted by molar-refractivity contribution is 9.11. The zero-order valence-corrected chi connectivity index (χ0v) is 13.0. The first-order chi connectivity index (χ1) is 8.24. The highest BCUT2D eigenvalue weighted by Gasteiger charge is 1.99. The second-order valence-corrected chi connectivity index (χ2v) is 5.28. The van der Waals surface area contributed by atoms with Gasteiger partial charge in [0.1, 0.15) is 0 Å². The molecular weight excluding hydrogens is 350 g/mol. The van der Waals surface area contributed by atoms with E-state index in [2.05, 4.69) is 37.2 Å². The van der Waals surface area contributed by atoms with Crippen LogP contribution in [0.2, 0.25) is 0 Å². The van der Waals surface area contributed by atoms with E-state index in [0.717, 1.165) is 34.2 Å². The van der Waals surface area contributed by atoms with Crippen molar-refractivity contribution >= 4 is 37.5 Å². The third-order valence-corrected chi connectivity index (χ3v) is 3.29. The molecular formula is C12H17Br2NO2. The molecule has 17 heavy (non-hydrogen) atoms. The minimum absolute atomic E-state index is 0.658. The number of nitrogens with one attached hydrogen (secondary N) is 1. The van der Waals surface area contributed by atoms with Crippen molar-refractivity contribution < 1.29 is 9.47 Å². The minimum Gasteiger partial charge on any atom is -0.384 e. The van der Waals surface area contributed by atoms with Crippen LogP contribution in [0.3, 0.4) is 0 Å². The van der Waals surface area contributed by atoms with E-state index in [4.69, 9.17) is 9.47 Å². The SMILES string of the molecule is COCCOCCCNc1ccc(Br)cc1Br. The van der Waals surface area contributed by atoms with Gasteiger partial charge in [-0.2, -0.15) is 0 Å². The van der Waals surface area contributed by atoms with Gasteiger partial charge in [-0.25, -0.2) is 0 Å². The molecule has 0 atom stereocenters. The first kappa shape index (κ1) is 15.0. The van der Waals surface area contributed by atoms with Crippen molar-refractivity contribution in [3.8, 4) is 0 Å². The smallest absolute Gasteiger partial charge is 0.0700 e. The molecule has 0 aliphatic carbocycles. The van der Waals surface area contributed by atoms with Crippen molar-refractivity contribution in [2.75, 3.05) is 38.8 Å². The van der Waals surface area contributed by atoms with E-state index in [-0.39, 0.29) is 0 Å². The molecule has 1 aromatic carbocycles. The van der Waals surface area contributed by atoms with Gasteiger partial charge in [0.15, 0.2) is 0 Å². The number of benzene rings is 1. The lowest BCUT2D eigenvalue weighted by Crippen LogP contribution is -2.08. The third-order valence-electron chi connectivity index (χ3n) is 2.14. The van der Waals surface area contributed by atoms with E-state index < -0.39 is 0 Å². The van der Waals surface area contributed by atoms with Gasteiger partial charge in [0.05, 0.1) is 13.2 Å². The van der Waals surface area contributed by atoms with Crippen LogP contribution < -0.4 is 5.32 Å². The molecule has 1 N–H and O–H groups in total. The molecule has 0 fully saturated rings. The highest BCUT2D eigenvalue weighted by atomic mass is 79.9. The lowest BCUT2D eigenvalue weighted by molar-refractivity contribution is 0.0705. The Morgan fingerprint density at radius 1 is 1.18 bits per heavy atom. The fraction of sp³-hybridized carbons (Fsp3) is 0.500. The molecule has 0 unspecified atom stereocenters. The van der Waals surface area contributed by atoms with Crippen LogP contribution in [0.25, 0.3) is 0 Å². The summed E-state index contributed by atoms with van der Waals surface area (Å²) in [6.07, 6.45) is 0.978. The van der Waals surface area contributed by atoms with Crippen LogP contribution in [0, 0.1) is 0 Å². The normalized spacial score (nSPS) is 10.5. The highest BCUT2D eigenvalue weighted by Crippen LogP contribution is 2.25. The molecule has 5 heteroatoms. The molecule has 0 saturated heterocycles. The summed E-state index contributed by atoms with van der Waals surface area (Å²) in [5, 5.41) is 3.35. The van der Waals surface area contributed by atoms with Crippen LogP contribution in [0.4, 0.5) is 5.69 Å². The average molecular weight is 367 g/mol. The van der Waals surface area contributed by atoms with E-state index in [1.165, 1.54) is 0 Å². The predicted octanol–water partition coefficient (Wildman–Crippen LogP) is 3.68. The van der Waals surface area contributed by atoms with Gasteiger partial charge in [0.2, 0.25) is 0 Å². The second kappa shape index (κ2) is 8.91. The summed E-state index contributed by atoms with van der Waals surface area (Å²) in [7, 11) is 1.68. The third kappa shape index (κ3) is 6.41. The Kier molecular flexibility index (Phi) is 7.84. The minimum atomic E-state index is 0.658. The Hall–Kier alpha value is -0.100. The maximum absolute atomic E-state index is 5.38. The molecule has 0 saturated carbocycles. The summed E-state index contributed by atoms with van der Waals surface area (Å²) in [5.74, 6) is 0. The standard InChI is InChI=1S/C12H17Br2NO2/c1-16-7-8-17-6-2-5-15-12-4-3-10(13)9-11(12)14/h3-4,9,15H,2,5-8H2,1H3. The predicted molar refractivity (Wildman–Crippen MR) is 77.6 cm³/mol. The fourth-order valence-electron chi connectivity index (χ4n) is 1.27. The van der Waals surface area contributed by atoms with E-state index >= 15 is 0 Å². The van der Waals surface area contributed by atoms with Gasteiger partial charge >= 0.3 is 0 Å². The summed E-state index contributed by atoms with van der Waals surface area (Å²) in [5.41, 5.74) is 1.10. The Balaban J connectivity index is 2.14. The van der Waals surface area contributed by atoms with Crippen LogP contribution in [0.15, 0.2) is 27.1 Å². The first-order valence-electron chi connectivity index (χ1n) is 5.49. The summed E-state index contributed by atoms with van der Waals surface area (Å²) in [6, 6.07) is 6.08. The molecule has 0 aliphatic rings. The van der Waals surface area contributed by atoms with Crippen molar-refractivity contribution in [3.63, 3.8) is 0 Å². The van der Waals surface area contributed by atoms with Crippen LogP contribution in [0.5, 0.6) is 0 Å². The maximum atomic E-state index is 5.38. The Morgan fingerprint density at radius 2 is 2.00 bits per heavy atom. The van der Waals surface area contributed by atoms with Crippen LogP contribution in [0.1, 0.15) is 6.42 Å². The Morgan fingerprint density at radius 3 is 2.71 bits per heavy atom. The van der Waals surface area contributed by atoms with Gasteiger partial charge in [0.25, 0.3) is 0 Å². The van der Waals surface area contributed by atoms with Crippen molar-refractivity contribution in [1.82, 2.24) is 0 Å². The maximum Gasteiger partial charge on any atom is 0.0700 e. The van der Waals surface area contributed by atoms with Gasteiger partial charge in [-0.05, 0) is 40.5 Å². The second-order valence-electron chi connectivity index (χ2n) is 3.51. The molecule has 0 radical (unpaired) electrons. The van der Waals surface area contributed by atoms with Gasteiger partial charge < -0.3 is 14.8 Å². The summed E-state index contributed by atoms with van der Waals surface area (Å²) in [6.45, 7) is 2.97. The molecule has 0 spiro atoms. The van der Waals surface area contributed by atoms with E-state index in [1.54, 1.807) is 7.11 Å². The summed E-state index contributed by atoms with van der Waals surface area (Å²) < 4.78 is 12.4. The van der Waals surface area contributed by atoms with Crippen molar-refractivity contribution in [2.45, 2.75) is 6.42 Å². The summed E-state index contributed by atoms with van der Waals surface area (Å²) in [4.78, 5) is 0. The molecule has 0 heterocycles. The van der Waals surface area contributed by atoms with E-state index in [9.17, 15) is 0 Å². The van der Waals surface area contributed by atoms with Crippen LogP contribution in [-0.2, 0) is 9.47 Å². The lowest BCUT2D eigenvalue weighted by atomic mass is 10.3.